The molecule has 1 aromatic carbocycles. The number of nitrogens with one attached hydrogen (secondary N) is 1. The smallest absolute Gasteiger partial charge is 0.251 e. The molecule has 3 aliphatic rings. The number of hydrogen-bond acceptors (Lipinski definition) is 5. The van der Waals surface area contributed by atoms with E-state index in [-0.39, 0.29) is 29.6 Å². The highest BCUT2D eigenvalue weighted by Crippen LogP contribution is 2.36. The third kappa shape index (κ3) is 3.99. The van der Waals surface area contributed by atoms with Crippen molar-refractivity contribution >= 4 is 17.7 Å². The maximum Gasteiger partial charge on any atom is 0.251 e. The number of likely N-dealkylation sites (tertiary alicyclic amines) is 1. The standard InChI is InChI=1S/C26H32N4O4/c1-15(2)11-21-24(31)28-22(19-12-17-7-4-5-8-18(17)13-19)25(32)30(21)23(20-14-34-16(3)27-20)26(33)29-9-6-10-29/h4-5,7-8,14-15,19,21-23H,6,9-13H2,1-3H3,(H,28,31)/t21-,22-,23-/m1/s1. The lowest BCUT2D eigenvalue weighted by molar-refractivity contribution is -0.161. The molecule has 1 N–H and O–H groups in total. The molecule has 0 unspecified atom stereocenters. The summed E-state index contributed by atoms with van der Waals surface area (Å²) < 4.78 is 5.44. The molecule has 5 rings (SSSR count). The Morgan fingerprint density at radius 2 is 1.85 bits per heavy atom. The lowest BCUT2D eigenvalue weighted by Gasteiger charge is -2.46. The fraction of sp³-hybridized carbons (Fsp3) is 0.538. The van der Waals surface area contributed by atoms with Crippen LogP contribution in [0.5, 0.6) is 0 Å². The summed E-state index contributed by atoms with van der Waals surface area (Å²) in [5.41, 5.74) is 2.82. The minimum Gasteiger partial charge on any atom is -0.449 e. The SMILES string of the molecule is Cc1nc([C@H](C(=O)N2CCC2)N2C(=O)[C@@H](C3Cc4ccccc4C3)NC(=O)[C@H]2CC(C)C)co1. The summed E-state index contributed by atoms with van der Waals surface area (Å²) in [6.07, 6.45) is 4.30. The molecule has 3 heterocycles. The molecule has 3 amide bonds. The second kappa shape index (κ2) is 8.89. The van der Waals surface area contributed by atoms with Gasteiger partial charge in [-0.3, -0.25) is 14.4 Å². The van der Waals surface area contributed by atoms with Gasteiger partial charge in [-0.1, -0.05) is 38.1 Å². The van der Waals surface area contributed by atoms with Crippen LogP contribution in [0.2, 0.25) is 0 Å². The molecular weight excluding hydrogens is 432 g/mol. The van der Waals surface area contributed by atoms with Gasteiger partial charge in [0.25, 0.3) is 5.91 Å². The Labute approximate surface area is 199 Å². The minimum absolute atomic E-state index is 0.0462. The first-order valence-electron chi connectivity index (χ1n) is 12.2. The van der Waals surface area contributed by atoms with E-state index in [2.05, 4.69) is 22.4 Å². The molecule has 2 fully saturated rings. The lowest BCUT2D eigenvalue weighted by Crippen LogP contribution is -2.67. The van der Waals surface area contributed by atoms with Gasteiger partial charge in [-0.05, 0) is 48.6 Å². The zero-order chi connectivity index (χ0) is 24.0. The van der Waals surface area contributed by atoms with Crippen LogP contribution in [0.4, 0.5) is 0 Å². The van der Waals surface area contributed by atoms with E-state index >= 15 is 0 Å². The number of rotatable bonds is 6. The largest absolute Gasteiger partial charge is 0.449 e. The Morgan fingerprint density at radius 3 is 2.38 bits per heavy atom. The summed E-state index contributed by atoms with van der Waals surface area (Å²) in [5.74, 6) is -0.0518. The predicted octanol–water partition coefficient (Wildman–Crippen LogP) is 2.41. The zero-order valence-electron chi connectivity index (χ0n) is 20.0. The second-order valence-corrected chi connectivity index (χ2v) is 10.2. The highest BCUT2D eigenvalue weighted by Gasteiger charge is 2.51. The average Bonchev–Trinajstić information content (AvgIpc) is 3.37. The van der Waals surface area contributed by atoms with Crippen LogP contribution >= 0.6 is 0 Å². The van der Waals surface area contributed by atoms with E-state index < -0.39 is 18.1 Å². The highest BCUT2D eigenvalue weighted by molar-refractivity contribution is 6.00. The number of fused-ring (bicyclic) bond motifs is 1. The van der Waals surface area contributed by atoms with Gasteiger partial charge in [-0.15, -0.1) is 0 Å². The monoisotopic (exact) mass is 464 g/mol. The average molecular weight is 465 g/mol. The number of carbonyl (C=O) groups is 3. The van der Waals surface area contributed by atoms with Crippen LogP contribution in [0, 0.1) is 18.8 Å². The Hall–Kier alpha value is -3.16. The van der Waals surface area contributed by atoms with Crippen molar-refractivity contribution in [3.8, 4) is 0 Å². The van der Waals surface area contributed by atoms with Crippen molar-refractivity contribution in [2.24, 2.45) is 11.8 Å². The van der Waals surface area contributed by atoms with Crippen LogP contribution in [0.1, 0.15) is 55.4 Å². The van der Waals surface area contributed by atoms with Crippen LogP contribution in [-0.2, 0) is 27.2 Å². The fourth-order valence-corrected chi connectivity index (χ4v) is 5.48. The molecule has 0 saturated carbocycles. The number of amides is 3. The minimum atomic E-state index is -0.966. The van der Waals surface area contributed by atoms with Crippen molar-refractivity contribution < 1.29 is 18.8 Å². The summed E-state index contributed by atoms with van der Waals surface area (Å²) >= 11 is 0. The van der Waals surface area contributed by atoms with Gasteiger partial charge in [-0.2, -0.15) is 0 Å². The third-order valence-corrected chi connectivity index (χ3v) is 7.30. The first kappa shape index (κ1) is 22.6. The highest BCUT2D eigenvalue weighted by atomic mass is 16.3. The molecule has 1 aromatic heterocycles. The van der Waals surface area contributed by atoms with Crippen molar-refractivity contribution in [1.82, 2.24) is 20.1 Å². The lowest BCUT2D eigenvalue weighted by atomic mass is 9.88. The van der Waals surface area contributed by atoms with Gasteiger partial charge in [0.05, 0.1) is 0 Å². The van der Waals surface area contributed by atoms with Crippen LogP contribution in [0.3, 0.4) is 0 Å². The number of oxazole rings is 1. The van der Waals surface area contributed by atoms with E-state index in [4.69, 9.17) is 4.42 Å². The van der Waals surface area contributed by atoms with Gasteiger partial charge in [0.1, 0.15) is 24.0 Å². The number of piperazine rings is 1. The van der Waals surface area contributed by atoms with Crippen LogP contribution in [0.25, 0.3) is 0 Å². The molecule has 2 aromatic rings. The van der Waals surface area contributed by atoms with E-state index in [1.165, 1.54) is 22.3 Å². The Morgan fingerprint density at radius 1 is 1.18 bits per heavy atom. The topological polar surface area (TPSA) is 95.8 Å². The summed E-state index contributed by atoms with van der Waals surface area (Å²) in [6, 6.07) is 5.79. The van der Waals surface area contributed by atoms with Gasteiger partial charge in [0.2, 0.25) is 11.8 Å². The van der Waals surface area contributed by atoms with E-state index in [1.807, 2.05) is 26.0 Å². The number of carbonyl (C=O) groups excluding carboxylic acids is 3. The number of benzene rings is 1. The fourth-order valence-electron chi connectivity index (χ4n) is 5.48. The summed E-state index contributed by atoms with van der Waals surface area (Å²) in [4.78, 5) is 49.0. The first-order chi connectivity index (χ1) is 16.3. The van der Waals surface area contributed by atoms with E-state index in [9.17, 15) is 14.4 Å². The van der Waals surface area contributed by atoms with E-state index in [0.29, 0.717) is 31.1 Å². The first-order valence-corrected chi connectivity index (χ1v) is 12.2. The molecule has 34 heavy (non-hydrogen) atoms. The third-order valence-electron chi connectivity index (χ3n) is 7.30. The Bertz CT molecular complexity index is 1080. The second-order valence-electron chi connectivity index (χ2n) is 10.2. The van der Waals surface area contributed by atoms with Crippen molar-refractivity contribution in [1.29, 1.82) is 0 Å². The molecule has 2 aliphatic heterocycles. The van der Waals surface area contributed by atoms with Gasteiger partial charge in [0, 0.05) is 20.0 Å². The van der Waals surface area contributed by atoms with Crippen LogP contribution < -0.4 is 5.32 Å². The summed E-state index contributed by atoms with van der Waals surface area (Å²) in [6.45, 7) is 7.04. The maximum absolute atomic E-state index is 14.1. The molecule has 2 saturated heterocycles. The Kier molecular flexibility index (Phi) is 5.91. The van der Waals surface area contributed by atoms with Crippen molar-refractivity contribution in [2.45, 2.75) is 64.6 Å². The molecule has 0 spiro atoms. The van der Waals surface area contributed by atoms with E-state index in [0.717, 1.165) is 19.3 Å². The van der Waals surface area contributed by atoms with Crippen LogP contribution in [0.15, 0.2) is 34.9 Å². The predicted molar refractivity (Wildman–Crippen MR) is 125 cm³/mol. The number of hydrogen-bond donors (Lipinski definition) is 1. The molecule has 1 aliphatic carbocycles. The molecule has 0 bridgehead atoms. The van der Waals surface area contributed by atoms with Crippen LogP contribution in [-0.4, -0.2) is 57.7 Å². The number of aromatic nitrogens is 1. The van der Waals surface area contributed by atoms with Gasteiger partial charge in [-0.25, -0.2) is 4.98 Å². The van der Waals surface area contributed by atoms with Crippen molar-refractivity contribution in [2.75, 3.05) is 13.1 Å². The Balaban J connectivity index is 1.52. The summed E-state index contributed by atoms with van der Waals surface area (Å²) in [7, 11) is 0. The van der Waals surface area contributed by atoms with Gasteiger partial charge >= 0.3 is 0 Å². The molecule has 0 radical (unpaired) electrons. The molecule has 3 atom stereocenters. The molecule has 8 heteroatoms. The normalized spacial score (nSPS) is 23.6. The van der Waals surface area contributed by atoms with Gasteiger partial charge in [0.15, 0.2) is 11.9 Å². The number of aryl methyl sites for hydroxylation is 1. The van der Waals surface area contributed by atoms with E-state index in [1.54, 1.807) is 11.8 Å². The maximum atomic E-state index is 14.1. The zero-order valence-corrected chi connectivity index (χ0v) is 20.0. The van der Waals surface area contributed by atoms with Crippen molar-refractivity contribution in [3.05, 3.63) is 53.2 Å². The molecular formula is C26H32N4O4. The number of nitrogens with zero attached hydrogens (tertiary/aromatic N) is 3. The van der Waals surface area contributed by atoms with Gasteiger partial charge < -0.3 is 19.5 Å². The molecule has 8 nitrogen and oxygen atoms in total. The molecule has 180 valence electrons. The quantitative estimate of drug-likeness (QED) is 0.708. The summed E-state index contributed by atoms with van der Waals surface area (Å²) in [5, 5.41) is 3.04. The van der Waals surface area contributed by atoms with Crippen molar-refractivity contribution in [3.63, 3.8) is 0 Å².